The van der Waals surface area contributed by atoms with E-state index < -0.39 is 0 Å². The van der Waals surface area contributed by atoms with Gasteiger partial charge in [-0.3, -0.25) is 4.79 Å². The zero-order chi connectivity index (χ0) is 23.2. The van der Waals surface area contributed by atoms with E-state index in [-0.39, 0.29) is 11.9 Å². The van der Waals surface area contributed by atoms with Crippen molar-refractivity contribution in [3.05, 3.63) is 57.6 Å². The van der Waals surface area contributed by atoms with Gasteiger partial charge >= 0.3 is 5.97 Å². The molecule has 0 saturated carbocycles. The molecule has 2 aromatic rings. The molecule has 0 aliphatic carbocycles. The van der Waals surface area contributed by atoms with Gasteiger partial charge in [0.1, 0.15) is 0 Å². The molecule has 0 radical (unpaired) electrons. The quantitative estimate of drug-likeness (QED) is 0.359. The van der Waals surface area contributed by atoms with Gasteiger partial charge in [-0.05, 0) is 74.5 Å². The van der Waals surface area contributed by atoms with Gasteiger partial charge in [0.05, 0.1) is 25.7 Å². The average Bonchev–Trinajstić information content (AvgIpc) is 2.95. The second-order valence-corrected chi connectivity index (χ2v) is 9.57. The SMILES string of the molecule is CCOC(=O)[C@@H]1CCCN(CCOCCN2c3cc(Cl)ccc3CCc3ccc(Cl)cc32)C1. The fourth-order valence-corrected chi connectivity index (χ4v) is 5.13. The van der Waals surface area contributed by atoms with Crippen LogP contribution >= 0.6 is 23.2 Å². The lowest BCUT2D eigenvalue weighted by Crippen LogP contribution is -2.41. The summed E-state index contributed by atoms with van der Waals surface area (Å²) in [6.07, 6.45) is 3.87. The number of fused-ring (bicyclic) bond motifs is 2. The lowest BCUT2D eigenvalue weighted by atomic mass is 9.98. The second kappa shape index (κ2) is 11.6. The van der Waals surface area contributed by atoms with Gasteiger partial charge in [-0.1, -0.05) is 35.3 Å². The third-order valence-corrected chi connectivity index (χ3v) is 6.95. The number of halogens is 2. The van der Waals surface area contributed by atoms with Gasteiger partial charge < -0.3 is 19.3 Å². The normalized spacial score (nSPS) is 18.4. The smallest absolute Gasteiger partial charge is 0.310 e. The molecule has 0 aromatic heterocycles. The Hall–Kier alpha value is -1.79. The summed E-state index contributed by atoms with van der Waals surface area (Å²) in [5, 5.41) is 1.46. The summed E-state index contributed by atoms with van der Waals surface area (Å²) in [4.78, 5) is 16.7. The van der Waals surface area contributed by atoms with Crippen molar-refractivity contribution < 1.29 is 14.3 Å². The number of rotatable bonds is 8. The Morgan fingerprint density at radius 1 is 1.00 bits per heavy atom. The maximum absolute atomic E-state index is 12.1. The first-order valence-corrected chi connectivity index (χ1v) is 12.6. The van der Waals surface area contributed by atoms with Gasteiger partial charge in [0, 0.05) is 41.1 Å². The molecule has 1 atom stereocenters. The second-order valence-electron chi connectivity index (χ2n) is 8.70. The topological polar surface area (TPSA) is 42.0 Å². The standard InChI is InChI=1S/C26H32Cl2N2O3/c1-2-33-26(31)21-4-3-11-29(18-21)12-14-32-15-13-30-24-16-22(27)9-7-19(24)5-6-20-8-10-23(28)17-25(20)30/h7-10,16-17,21H,2-6,11-15,18H2,1H3/t21-/m1/s1. The van der Waals surface area contributed by atoms with Gasteiger partial charge in [0.15, 0.2) is 0 Å². The number of aryl methyl sites for hydroxylation is 2. The highest BCUT2D eigenvalue weighted by Crippen LogP contribution is 2.38. The molecule has 1 saturated heterocycles. The van der Waals surface area contributed by atoms with Crippen molar-refractivity contribution in [2.75, 3.05) is 50.9 Å². The van der Waals surface area contributed by atoms with Crippen LogP contribution in [0.2, 0.25) is 10.0 Å². The third kappa shape index (κ3) is 6.21. The molecule has 0 bridgehead atoms. The van der Waals surface area contributed by atoms with Gasteiger partial charge in [-0.25, -0.2) is 0 Å². The Morgan fingerprint density at radius 2 is 1.64 bits per heavy atom. The molecule has 2 aliphatic rings. The van der Waals surface area contributed by atoms with Crippen molar-refractivity contribution in [2.24, 2.45) is 5.92 Å². The molecule has 4 rings (SSSR count). The molecule has 33 heavy (non-hydrogen) atoms. The summed E-state index contributed by atoms with van der Waals surface area (Å²) >= 11 is 12.7. The van der Waals surface area contributed by atoms with Crippen molar-refractivity contribution >= 4 is 40.5 Å². The number of likely N-dealkylation sites (tertiary alicyclic amines) is 1. The lowest BCUT2D eigenvalue weighted by molar-refractivity contribution is -0.150. The monoisotopic (exact) mass is 490 g/mol. The molecule has 178 valence electrons. The van der Waals surface area contributed by atoms with E-state index in [1.807, 2.05) is 31.2 Å². The minimum absolute atomic E-state index is 0.0155. The summed E-state index contributed by atoms with van der Waals surface area (Å²) in [5.74, 6) is -0.0859. The Labute approximate surface area is 206 Å². The van der Waals surface area contributed by atoms with Crippen LogP contribution in [0.1, 0.15) is 30.9 Å². The first-order valence-electron chi connectivity index (χ1n) is 11.9. The minimum Gasteiger partial charge on any atom is -0.466 e. The summed E-state index contributed by atoms with van der Waals surface area (Å²) in [6, 6.07) is 12.2. The molecule has 0 amide bonds. The fraction of sp³-hybridized carbons (Fsp3) is 0.500. The van der Waals surface area contributed by atoms with Crippen molar-refractivity contribution in [3.63, 3.8) is 0 Å². The lowest BCUT2D eigenvalue weighted by Gasteiger charge is -2.31. The first kappa shape index (κ1) is 24.3. The molecule has 0 unspecified atom stereocenters. The Morgan fingerprint density at radius 3 is 2.27 bits per heavy atom. The van der Waals surface area contributed by atoms with Crippen molar-refractivity contribution in [1.82, 2.24) is 4.90 Å². The summed E-state index contributed by atoms with van der Waals surface area (Å²) in [7, 11) is 0. The molecule has 2 aliphatic heterocycles. The molecule has 0 spiro atoms. The zero-order valence-corrected chi connectivity index (χ0v) is 20.7. The number of esters is 1. The van der Waals surface area contributed by atoms with E-state index in [9.17, 15) is 4.79 Å². The van der Waals surface area contributed by atoms with E-state index in [1.165, 1.54) is 11.1 Å². The minimum atomic E-state index is -0.0704. The van der Waals surface area contributed by atoms with Crippen LogP contribution in [-0.4, -0.2) is 56.9 Å². The number of anilines is 2. The maximum atomic E-state index is 12.1. The largest absolute Gasteiger partial charge is 0.466 e. The predicted molar refractivity (Wildman–Crippen MR) is 134 cm³/mol. The number of benzene rings is 2. The van der Waals surface area contributed by atoms with Crippen molar-refractivity contribution in [3.8, 4) is 0 Å². The van der Waals surface area contributed by atoms with Gasteiger partial charge in [-0.2, -0.15) is 0 Å². The highest BCUT2D eigenvalue weighted by molar-refractivity contribution is 6.31. The van der Waals surface area contributed by atoms with Crippen LogP contribution in [0.4, 0.5) is 11.4 Å². The molecular formula is C26H32Cl2N2O3. The number of hydrogen-bond acceptors (Lipinski definition) is 5. The van der Waals surface area contributed by atoms with Gasteiger partial charge in [-0.15, -0.1) is 0 Å². The maximum Gasteiger partial charge on any atom is 0.310 e. The van der Waals surface area contributed by atoms with E-state index in [0.29, 0.717) is 26.4 Å². The summed E-state index contributed by atoms with van der Waals surface area (Å²) in [6.45, 7) is 6.82. The van der Waals surface area contributed by atoms with Crippen LogP contribution in [0.5, 0.6) is 0 Å². The Kier molecular flexibility index (Phi) is 8.53. The molecular weight excluding hydrogens is 459 g/mol. The number of carbonyl (C=O) groups excluding carboxylic acids is 1. The number of nitrogens with zero attached hydrogens (tertiary/aromatic N) is 2. The number of piperidine rings is 1. The Bertz CT molecular complexity index is 915. The fourth-order valence-electron chi connectivity index (χ4n) is 4.80. The van der Waals surface area contributed by atoms with Crippen LogP contribution in [0, 0.1) is 5.92 Å². The van der Waals surface area contributed by atoms with E-state index in [2.05, 4.69) is 21.9 Å². The summed E-state index contributed by atoms with van der Waals surface area (Å²) < 4.78 is 11.3. The average molecular weight is 491 g/mol. The van der Waals surface area contributed by atoms with Gasteiger partial charge in [0.2, 0.25) is 0 Å². The molecule has 2 heterocycles. The number of hydrogen-bond donors (Lipinski definition) is 0. The van der Waals surface area contributed by atoms with Crippen LogP contribution in [0.3, 0.4) is 0 Å². The summed E-state index contributed by atoms with van der Waals surface area (Å²) in [5.41, 5.74) is 4.82. The van der Waals surface area contributed by atoms with E-state index >= 15 is 0 Å². The zero-order valence-electron chi connectivity index (χ0n) is 19.2. The Balaban J connectivity index is 1.35. The highest BCUT2D eigenvalue weighted by Gasteiger charge is 2.26. The molecule has 0 N–H and O–H groups in total. The highest BCUT2D eigenvalue weighted by atomic mass is 35.5. The number of ether oxygens (including phenoxy) is 2. The molecule has 2 aromatic carbocycles. The van der Waals surface area contributed by atoms with Crippen molar-refractivity contribution in [2.45, 2.75) is 32.6 Å². The van der Waals surface area contributed by atoms with Gasteiger partial charge in [0.25, 0.3) is 0 Å². The van der Waals surface area contributed by atoms with Crippen LogP contribution < -0.4 is 4.90 Å². The number of carbonyl (C=O) groups is 1. The van der Waals surface area contributed by atoms with E-state index in [0.717, 1.165) is 66.7 Å². The predicted octanol–water partition coefficient (Wildman–Crippen LogP) is 5.52. The first-order chi connectivity index (χ1) is 16.0. The molecule has 5 nitrogen and oxygen atoms in total. The van der Waals surface area contributed by atoms with Crippen molar-refractivity contribution in [1.29, 1.82) is 0 Å². The van der Waals surface area contributed by atoms with E-state index in [4.69, 9.17) is 32.7 Å². The van der Waals surface area contributed by atoms with E-state index in [1.54, 1.807) is 0 Å². The third-order valence-electron chi connectivity index (χ3n) is 6.48. The molecule has 1 fully saturated rings. The molecule has 7 heteroatoms. The van der Waals surface area contributed by atoms with Crippen LogP contribution in [0.25, 0.3) is 0 Å². The van der Waals surface area contributed by atoms with Crippen LogP contribution in [0.15, 0.2) is 36.4 Å². The van der Waals surface area contributed by atoms with Crippen LogP contribution in [-0.2, 0) is 27.1 Å².